The fraction of sp³-hybridized carbons (Fsp3) is 0.364. The van der Waals surface area contributed by atoms with Crippen molar-refractivity contribution in [1.29, 1.82) is 0 Å². The number of rotatable bonds is 4. The van der Waals surface area contributed by atoms with Crippen molar-refractivity contribution in [1.82, 2.24) is 19.9 Å². The number of ether oxygens (including phenoxy) is 1. The van der Waals surface area contributed by atoms with Crippen molar-refractivity contribution in [2.24, 2.45) is 0 Å². The number of aromatic nitrogens is 4. The summed E-state index contributed by atoms with van der Waals surface area (Å²) in [7, 11) is 0. The first-order valence-corrected chi connectivity index (χ1v) is 7.00. The quantitative estimate of drug-likeness (QED) is 0.457. The molecule has 9 heteroatoms. The minimum atomic E-state index is -0.574. The van der Waals surface area contributed by atoms with Crippen molar-refractivity contribution in [3.63, 3.8) is 0 Å². The lowest BCUT2D eigenvalue weighted by molar-refractivity contribution is -0.142. The molecule has 0 aromatic carbocycles. The van der Waals surface area contributed by atoms with Crippen molar-refractivity contribution in [3.05, 3.63) is 26.4 Å². The minimum Gasteiger partial charge on any atom is -0.466 e. The molecule has 2 rings (SSSR count). The molecule has 0 bridgehead atoms. The number of esters is 1. The summed E-state index contributed by atoms with van der Waals surface area (Å²) in [5.41, 5.74) is -1.00. The number of hydrogen-bond acceptors (Lipinski definition) is 7. The van der Waals surface area contributed by atoms with Crippen LogP contribution in [-0.2, 0) is 16.0 Å². The van der Waals surface area contributed by atoms with Crippen LogP contribution in [0.1, 0.15) is 12.6 Å². The molecule has 0 atom stereocenters. The first kappa shape index (κ1) is 14.3. The molecule has 0 fully saturated rings. The van der Waals surface area contributed by atoms with E-state index in [2.05, 4.69) is 19.9 Å². The minimum absolute atomic E-state index is 0.0123. The monoisotopic (exact) mass is 296 g/mol. The van der Waals surface area contributed by atoms with E-state index < -0.39 is 17.1 Å². The molecule has 0 spiro atoms. The molecule has 0 aliphatic heterocycles. The van der Waals surface area contributed by atoms with E-state index in [0.717, 1.165) is 0 Å². The van der Waals surface area contributed by atoms with Gasteiger partial charge in [0.15, 0.2) is 10.7 Å². The average Bonchev–Trinajstić information content (AvgIpc) is 2.40. The van der Waals surface area contributed by atoms with Crippen LogP contribution in [0.25, 0.3) is 11.2 Å². The second kappa shape index (κ2) is 5.87. The van der Waals surface area contributed by atoms with E-state index in [0.29, 0.717) is 5.16 Å². The van der Waals surface area contributed by atoms with Gasteiger partial charge in [0.1, 0.15) is 11.3 Å². The number of fused-ring (bicyclic) bond motifs is 1. The third-order valence-corrected chi connectivity index (χ3v) is 3.01. The third kappa shape index (κ3) is 2.87. The number of nitrogens with zero attached hydrogens (tertiary/aromatic N) is 2. The number of carbonyl (C=O) groups excluding carboxylic acids is 1. The lowest BCUT2D eigenvalue weighted by Gasteiger charge is -2.03. The highest BCUT2D eigenvalue weighted by atomic mass is 32.2. The van der Waals surface area contributed by atoms with Crippen LogP contribution < -0.4 is 11.1 Å². The smallest absolute Gasteiger partial charge is 0.312 e. The molecule has 2 aromatic heterocycles. The van der Waals surface area contributed by atoms with Crippen LogP contribution in [0.2, 0.25) is 0 Å². The number of carbonyl (C=O) groups is 1. The van der Waals surface area contributed by atoms with Crippen molar-refractivity contribution in [2.75, 3.05) is 12.9 Å². The fourth-order valence-electron chi connectivity index (χ4n) is 1.58. The molecule has 0 saturated carbocycles. The standard InChI is InChI=1S/C11H12N4O4S/c1-3-19-6(16)4-5-9(17)13-8-7(12-5)10(18)15-11(14-8)20-2/h3-4H2,1-2H3,(H2,13,14,15,17,18). The highest BCUT2D eigenvalue weighted by Crippen LogP contribution is 2.08. The molecule has 0 unspecified atom stereocenters. The largest absolute Gasteiger partial charge is 0.466 e. The predicted octanol–water partition coefficient (Wildman–Crippen LogP) is -0.166. The fourth-order valence-corrected chi connectivity index (χ4v) is 1.96. The van der Waals surface area contributed by atoms with Gasteiger partial charge in [-0.2, -0.15) is 4.98 Å². The number of nitrogens with one attached hydrogen (secondary N) is 2. The predicted molar refractivity (Wildman–Crippen MR) is 72.9 cm³/mol. The summed E-state index contributed by atoms with van der Waals surface area (Å²) in [5, 5.41) is 0.373. The van der Waals surface area contributed by atoms with Crippen LogP contribution in [0.4, 0.5) is 0 Å². The summed E-state index contributed by atoms with van der Waals surface area (Å²) >= 11 is 1.23. The highest BCUT2D eigenvalue weighted by Gasteiger charge is 2.13. The lowest BCUT2D eigenvalue weighted by atomic mass is 10.3. The number of thioether (sulfide) groups is 1. The van der Waals surface area contributed by atoms with Gasteiger partial charge in [-0.05, 0) is 13.2 Å². The van der Waals surface area contributed by atoms with E-state index in [1.807, 2.05) is 0 Å². The molecule has 20 heavy (non-hydrogen) atoms. The van der Waals surface area contributed by atoms with Gasteiger partial charge < -0.3 is 14.7 Å². The third-order valence-electron chi connectivity index (χ3n) is 2.43. The molecule has 0 aliphatic rings. The molecular formula is C11H12N4O4S. The molecule has 2 heterocycles. The van der Waals surface area contributed by atoms with Gasteiger partial charge in [-0.1, -0.05) is 11.8 Å². The first-order valence-electron chi connectivity index (χ1n) is 5.78. The maximum Gasteiger partial charge on any atom is 0.312 e. The Kier molecular flexibility index (Phi) is 4.18. The first-order chi connectivity index (χ1) is 9.55. The van der Waals surface area contributed by atoms with Crippen molar-refractivity contribution < 1.29 is 9.53 Å². The SMILES string of the molecule is CCOC(=O)Cc1nc2c(=O)nc(SC)[nH]c2[nH]c1=O. The summed E-state index contributed by atoms with van der Waals surface area (Å²) in [6, 6.07) is 0. The second-order valence-electron chi connectivity index (χ2n) is 3.77. The molecule has 0 amide bonds. The normalized spacial score (nSPS) is 10.7. The van der Waals surface area contributed by atoms with Gasteiger partial charge in [-0.25, -0.2) is 4.98 Å². The summed E-state index contributed by atoms with van der Waals surface area (Å²) in [4.78, 5) is 47.9. The molecular weight excluding hydrogens is 284 g/mol. The van der Waals surface area contributed by atoms with E-state index >= 15 is 0 Å². The zero-order valence-electron chi connectivity index (χ0n) is 10.8. The van der Waals surface area contributed by atoms with E-state index in [-0.39, 0.29) is 29.9 Å². The Morgan fingerprint density at radius 3 is 2.70 bits per heavy atom. The van der Waals surface area contributed by atoms with E-state index in [4.69, 9.17) is 4.74 Å². The van der Waals surface area contributed by atoms with Gasteiger partial charge in [0.25, 0.3) is 5.56 Å². The van der Waals surface area contributed by atoms with E-state index in [1.165, 1.54) is 11.8 Å². The van der Waals surface area contributed by atoms with Crippen LogP contribution in [-0.4, -0.2) is 38.8 Å². The van der Waals surface area contributed by atoms with Crippen LogP contribution in [0.5, 0.6) is 0 Å². The van der Waals surface area contributed by atoms with E-state index in [1.54, 1.807) is 13.2 Å². The zero-order valence-corrected chi connectivity index (χ0v) is 11.7. The second-order valence-corrected chi connectivity index (χ2v) is 4.56. The molecule has 106 valence electrons. The van der Waals surface area contributed by atoms with Gasteiger partial charge >= 0.3 is 11.5 Å². The van der Waals surface area contributed by atoms with Gasteiger partial charge in [0.2, 0.25) is 0 Å². The molecule has 8 nitrogen and oxygen atoms in total. The lowest BCUT2D eigenvalue weighted by Crippen LogP contribution is -2.23. The Balaban J connectivity index is 2.52. The average molecular weight is 296 g/mol. The van der Waals surface area contributed by atoms with Crippen molar-refractivity contribution in [2.45, 2.75) is 18.5 Å². The maximum atomic E-state index is 11.8. The Labute approximate surface area is 117 Å². The van der Waals surface area contributed by atoms with Crippen molar-refractivity contribution in [3.8, 4) is 0 Å². The molecule has 0 aliphatic carbocycles. The molecule has 0 saturated heterocycles. The zero-order chi connectivity index (χ0) is 14.7. The number of aromatic amines is 2. The van der Waals surface area contributed by atoms with Crippen LogP contribution in [0, 0.1) is 0 Å². The maximum absolute atomic E-state index is 11.8. The Hall–Kier alpha value is -2.16. The van der Waals surface area contributed by atoms with Gasteiger partial charge in [0.05, 0.1) is 13.0 Å². The van der Waals surface area contributed by atoms with Crippen LogP contribution in [0.3, 0.4) is 0 Å². The Morgan fingerprint density at radius 1 is 1.30 bits per heavy atom. The Bertz CT molecular complexity index is 767. The Morgan fingerprint density at radius 2 is 2.05 bits per heavy atom. The number of H-pyrrole nitrogens is 2. The molecule has 2 N–H and O–H groups in total. The summed E-state index contributed by atoms with van der Waals surface area (Å²) in [6.07, 6.45) is 1.45. The van der Waals surface area contributed by atoms with Gasteiger partial charge in [-0.15, -0.1) is 0 Å². The highest BCUT2D eigenvalue weighted by molar-refractivity contribution is 7.98. The van der Waals surface area contributed by atoms with Crippen LogP contribution in [0.15, 0.2) is 14.7 Å². The number of hydrogen-bond donors (Lipinski definition) is 2. The van der Waals surface area contributed by atoms with E-state index in [9.17, 15) is 14.4 Å². The summed E-state index contributed by atoms with van der Waals surface area (Å²) < 4.78 is 4.74. The summed E-state index contributed by atoms with van der Waals surface area (Å²) in [6.45, 7) is 1.87. The van der Waals surface area contributed by atoms with Gasteiger partial charge in [-0.3, -0.25) is 14.4 Å². The molecule has 0 radical (unpaired) electrons. The topological polar surface area (TPSA) is 118 Å². The van der Waals surface area contributed by atoms with Crippen LogP contribution >= 0.6 is 11.8 Å². The summed E-state index contributed by atoms with van der Waals surface area (Å²) in [5.74, 6) is -0.574. The molecule has 2 aromatic rings. The van der Waals surface area contributed by atoms with Crippen molar-refractivity contribution >= 4 is 28.9 Å². The van der Waals surface area contributed by atoms with Gasteiger partial charge in [0, 0.05) is 0 Å².